The van der Waals surface area contributed by atoms with Gasteiger partial charge in [0, 0.05) is 46.4 Å². The Morgan fingerprint density at radius 2 is 1.83 bits per heavy atom. The van der Waals surface area contributed by atoms with Crippen LogP contribution in [0, 0.1) is 19.8 Å². The minimum Gasteiger partial charge on any atom is -0.496 e. The number of aromatic nitrogens is 2. The number of pyridine rings is 1. The largest absolute Gasteiger partial charge is 0.496 e. The standard InChI is InChI=1S/C29H39N3O3/c1-18(2)31-15-13-22(14-16-31)20(4)32-21(5)28(23-9-7-8-10-25(23)32)26(33)12-11-24-27(35-6)17-19(3)30-29(24)34/h7-10,17-18,20,22H,11-16H2,1-6H3,(H,30,34). The third-order valence-electron chi connectivity index (χ3n) is 7.88. The van der Waals surface area contributed by atoms with E-state index >= 15 is 0 Å². The van der Waals surface area contributed by atoms with Crippen molar-refractivity contribution >= 4 is 16.7 Å². The van der Waals surface area contributed by atoms with Crippen molar-refractivity contribution in [3.8, 4) is 5.75 Å². The third kappa shape index (κ3) is 4.94. The molecule has 1 aliphatic heterocycles. The fourth-order valence-corrected chi connectivity index (χ4v) is 5.87. The predicted octanol–water partition coefficient (Wildman–Crippen LogP) is 5.45. The molecule has 1 atom stereocenters. The predicted molar refractivity (Wildman–Crippen MR) is 142 cm³/mol. The van der Waals surface area contributed by atoms with Crippen LogP contribution < -0.4 is 10.3 Å². The average molecular weight is 478 g/mol. The zero-order valence-corrected chi connectivity index (χ0v) is 22.0. The van der Waals surface area contributed by atoms with Crippen molar-refractivity contribution in [1.29, 1.82) is 0 Å². The number of methoxy groups -OCH3 is 1. The van der Waals surface area contributed by atoms with Crippen LogP contribution in [0.5, 0.6) is 5.75 Å². The first-order valence-electron chi connectivity index (χ1n) is 12.9. The summed E-state index contributed by atoms with van der Waals surface area (Å²) in [5, 5.41) is 1.01. The first kappa shape index (κ1) is 25.2. The number of Topliss-reactive ketones (excluding diaryl/α,β-unsaturated/α-hetero) is 1. The first-order chi connectivity index (χ1) is 16.7. The number of ether oxygens (including phenoxy) is 1. The van der Waals surface area contributed by atoms with E-state index in [1.54, 1.807) is 7.11 Å². The summed E-state index contributed by atoms with van der Waals surface area (Å²) < 4.78 is 7.81. The van der Waals surface area contributed by atoms with Crippen LogP contribution in [0.4, 0.5) is 0 Å². The second-order valence-electron chi connectivity index (χ2n) is 10.3. The summed E-state index contributed by atoms with van der Waals surface area (Å²) >= 11 is 0. The number of carbonyl (C=O) groups excluding carboxylic acids is 1. The Bertz CT molecular complexity index is 1260. The van der Waals surface area contributed by atoms with Crippen molar-refractivity contribution in [3.05, 3.63) is 63.2 Å². The van der Waals surface area contributed by atoms with E-state index in [9.17, 15) is 9.59 Å². The molecular formula is C29H39N3O3. The number of fused-ring (bicyclic) bond motifs is 1. The van der Waals surface area contributed by atoms with Crippen LogP contribution in [0.25, 0.3) is 10.9 Å². The molecule has 3 aromatic rings. The lowest BCUT2D eigenvalue weighted by molar-refractivity contribution is 0.0982. The van der Waals surface area contributed by atoms with Gasteiger partial charge in [0.1, 0.15) is 5.75 Å². The van der Waals surface area contributed by atoms with Crippen molar-refractivity contribution in [1.82, 2.24) is 14.5 Å². The number of para-hydroxylation sites is 1. The number of aryl methyl sites for hydroxylation is 1. The van der Waals surface area contributed by atoms with Crippen molar-refractivity contribution in [3.63, 3.8) is 0 Å². The summed E-state index contributed by atoms with van der Waals surface area (Å²) in [6, 6.07) is 11.0. The van der Waals surface area contributed by atoms with Gasteiger partial charge in [0.2, 0.25) is 0 Å². The van der Waals surface area contributed by atoms with E-state index in [4.69, 9.17) is 4.74 Å². The molecule has 1 saturated heterocycles. The maximum Gasteiger partial charge on any atom is 0.255 e. The number of nitrogens with zero attached hydrogens (tertiary/aromatic N) is 2. The van der Waals surface area contributed by atoms with E-state index in [2.05, 4.69) is 60.3 Å². The monoisotopic (exact) mass is 477 g/mol. The number of piperidine rings is 1. The Labute approximate surface area is 208 Å². The molecule has 35 heavy (non-hydrogen) atoms. The lowest BCUT2D eigenvalue weighted by atomic mass is 9.89. The molecule has 0 aliphatic carbocycles. The Hall–Kier alpha value is -2.86. The Kier molecular flexibility index (Phi) is 7.50. The number of hydrogen-bond acceptors (Lipinski definition) is 4. The molecule has 0 amide bonds. The van der Waals surface area contributed by atoms with Crippen molar-refractivity contribution < 1.29 is 9.53 Å². The minimum atomic E-state index is -0.185. The molecular weight excluding hydrogens is 438 g/mol. The van der Waals surface area contributed by atoms with Gasteiger partial charge in [-0.3, -0.25) is 9.59 Å². The van der Waals surface area contributed by atoms with E-state index in [1.807, 2.05) is 19.1 Å². The molecule has 1 unspecified atom stereocenters. The molecule has 0 bridgehead atoms. The van der Waals surface area contributed by atoms with Crippen LogP contribution in [0.2, 0.25) is 0 Å². The summed E-state index contributed by atoms with van der Waals surface area (Å²) in [6.45, 7) is 13.0. The van der Waals surface area contributed by atoms with E-state index in [-0.39, 0.29) is 17.8 Å². The maximum atomic E-state index is 13.6. The maximum absolute atomic E-state index is 13.6. The molecule has 0 spiro atoms. The van der Waals surface area contributed by atoms with E-state index < -0.39 is 0 Å². The SMILES string of the molecule is COc1cc(C)[nH]c(=O)c1CCC(=O)c1c(C)n(C(C)C2CCN(C(C)C)CC2)c2ccccc12. The summed E-state index contributed by atoms with van der Waals surface area (Å²) in [5.74, 6) is 1.19. The minimum absolute atomic E-state index is 0.0707. The van der Waals surface area contributed by atoms with Gasteiger partial charge in [-0.1, -0.05) is 18.2 Å². The van der Waals surface area contributed by atoms with E-state index in [0.717, 1.165) is 40.9 Å². The fraction of sp³-hybridized carbons (Fsp3) is 0.517. The van der Waals surface area contributed by atoms with E-state index in [0.29, 0.717) is 35.7 Å². The highest BCUT2D eigenvalue weighted by Gasteiger charge is 2.29. The van der Waals surface area contributed by atoms with Crippen LogP contribution >= 0.6 is 0 Å². The number of H-pyrrole nitrogens is 1. The summed E-state index contributed by atoms with van der Waals surface area (Å²) in [5.41, 5.74) is 4.02. The third-order valence-corrected chi connectivity index (χ3v) is 7.88. The van der Waals surface area contributed by atoms with Crippen molar-refractivity contribution in [2.45, 2.75) is 72.4 Å². The number of nitrogens with one attached hydrogen (secondary N) is 1. The van der Waals surface area contributed by atoms with Gasteiger partial charge in [-0.25, -0.2) is 0 Å². The topological polar surface area (TPSA) is 67.3 Å². The van der Waals surface area contributed by atoms with Crippen molar-refractivity contribution in [2.75, 3.05) is 20.2 Å². The molecule has 1 N–H and O–H groups in total. The zero-order chi connectivity index (χ0) is 25.3. The molecule has 6 heteroatoms. The van der Waals surface area contributed by atoms with Crippen LogP contribution in [-0.2, 0) is 6.42 Å². The van der Waals surface area contributed by atoms with Crippen LogP contribution in [0.3, 0.4) is 0 Å². The van der Waals surface area contributed by atoms with Gasteiger partial charge in [0.25, 0.3) is 5.56 Å². The molecule has 6 nitrogen and oxygen atoms in total. The number of ketones is 1. The molecule has 1 fully saturated rings. The lowest BCUT2D eigenvalue weighted by Crippen LogP contribution is -2.40. The van der Waals surface area contributed by atoms with Gasteiger partial charge in [0.05, 0.1) is 12.7 Å². The summed E-state index contributed by atoms with van der Waals surface area (Å²) in [7, 11) is 1.56. The first-order valence-corrected chi connectivity index (χ1v) is 12.9. The molecule has 1 aromatic carbocycles. The van der Waals surface area contributed by atoms with Gasteiger partial charge in [-0.15, -0.1) is 0 Å². The molecule has 0 radical (unpaired) electrons. The molecule has 3 heterocycles. The number of hydrogen-bond donors (Lipinski definition) is 1. The lowest BCUT2D eigenvalue weighted by Gasteiger charge is -2.38. The molecule has 188 valence electrons. The Morgan fingerprint density at radius 3 is 2.49 bits per heavy atom. The molecule has 4 rings (SSSR count). The zero-order valence-electron chi connectivity index (χ0n) is 22.0. The van der Waals surface area contributed by atoms with Crippen molar-refractivity contribution in [2.24, 2.45) is 5.92 Å². The Morgan fingerprint density at radius 1 is 1.14 bits per heavy atom. The van der Waals surface area contributed by atoms with Crippen LogP contribution in [0.1, 0.15) is 73.4 Å². The number of likely N-dealkylation sites (tertiary alicyclic amines) is 1. The molecule has 1 aliphatic rings. The Balaban J connectivity index is 1.62. The normalized spacial score (nSPS) is 16.2. The smallest absolute Gasteiger partial charge is 0.255 e. The highest BCUT2D eigenvalue weighted by atomic mass is 16.5. The second kappa shape index (κ2) is 10.4. The van der Waals surface area contributed by atoms with E-state index in [1.165, 1.54) is 12.8 Å². The fourth-order valence-electron chi connectivity index (χ4n) is 5.87. The second-order valence-corrected chi connectivity index (χ2v) is 10.3. The van der Waals surface area contributed by atoms with Gasteiger partial charge < -0.3 is 19.2 Å². The summed E-state index contributed by atoms with van der Waals surface area (Å²) in [4.78, 5) is 31.5. The van der Waals surface area contributed by atoms with Gasteiger partial charge in [-0.2, -0.15) is 0 Å². The van der Waals surface area contributed by atoms with Gasteiger partial charge >= 0.3 is 0 Å². The van der Waals surface area contributed by atoms with Crippen LogP contribution in [0.15, 0.2) is 35.1 Å². The number of rotatable bonds is 8. The highest BCUT2D eigenvalue weighted by Crippen LogP contribution is 2.36. The summed E-state index contributed by atoms with van der Waals surface area (Å²) in [6.07, 6.45) is 2.95. The number of benzene rings is 1. The van der Waals surface area contributed by atoms with Crippen LogP contribution in [-0.4, -0.2) is 46.5 Å². The highest BCUT2D eigenvalue weighted by molar-refractivity contribution is 6.09. The van der Waals surface area contributed by atoms with Gasteiger partial charge in [0.15, 0.2) is 5.78 Å². The van der Waals surface area contributed by atoms with Gasteiger partial charge in [-0.05, 0) is 85.0 Å². The number of carbonyl (C=O) groups is 1. The molecule has 0 saturated carbocycles. The quantitative estimate of drug-likeness (QED) is 0.438. The average Bonchev–Trinajstić information content (AvgIpc) is 3.14. The molecule has 2 aromatic heterocycles. The number of aromatic amines is 1.